The zero-order valence-corrected chi connectivity index (χ0v) is 14.0. The Bertz CT molecular complexity index is 359. The van der Waals surface area contributed by atoms with Gasteiger partial charge in [0.25, 0.3) is 0 Å². The van der Waals surface area contributed by atoms with Crippen molar-refractivity contribution in [1.29, 1.82) is 0 Å². The summed E-state index contributed by atoms with van der Waals surface area (Å²) in [7, 11) is 0. The molecule has 6 nitrogen and oxygen atoms in total. The standard InChI is InChI=1S/C14H27N3O3.ClH/c1-8(2)5-10(15)14(20)17-11(6-9(3)4)12(18)7-13(16)19;/h8-11H,5-7,15H2,1-4H3,(H2,16,19)(H,17,20);1H/t10-,11-;/m0./s1. The topological polar surface area (TPSA) is 115 Å². The molecule has 0 rings (SSSR count). The predicted molar refractivity (Wildman–Crippen MR) is 84.9 cm³/mol. The second kappa shape index (κ2) is 10.6. The van der Waals surface area contributed by atoms with Gasteiger partial charge in [-0.2, -0.15) is 0 Å². The number of nitrogens with two attached hydrogens (primary N) is 2. The van der Waals surface area contributed by atoms with Crippen LogP contribution in [0.15, 0.2) is 0 Å². The highest BCUT2D eigenvalue weighted by Gasteiger charge is 2.25. The van der Waals surface area contributed by atoms with Crippen molar-refractivity contribution in [2.45, 2.75) is 59.0 Å². The fourth-order valence-corrected chi connectivity index (χ4v) is 1.93. The van der Waals surface area contributed by atoms with Gasteiger partial charge in [-0.05, 0) is 24.7 Å². The number of nitrogens with one attached hydrogen (secondary N) is 1. The average Bonchev–Trinajstić information content (AvgIpc) is 2.25. The van der Waals surface area contributed by atoms with Crippen molar-refractivity contribution in [3.63, 3.8) is 0 Å². The van der Waals surface area contributed by atoms with Gasteiger partial charge in [0, 0.05) is 0 Å². The van der Waals surface area contributed by atoms with Crippen LogP contribution in [-0.4, -0.2) is 29.7 Å². The number of rotatable bonds is 9. The number of Topliss-reactive ketones (excluding diaryl/α,β-unsaturated/α-hetero) is 1. The molecule has 5 N–H and O–H groups in total. The molecule has 2 atom stereocenters. The molecule has 0 saturated heterocycles. The monoisotopic (exact) mass is 321 g/mol. The molecule has 0 saturated carbocycles. The van der Waals surface area contributed by atoms with Crippen molar-refractivity contribution in [2.24, 2.45) is 23.3 Å². The summed E-state index contributed by atoms with van der Waals surface area (Å²) in [5.74, 6) is -0.915. The highest BCUT2D eigenvalue weighted by atomic mass is 35.5. The maximum absolute atomic E-state index is 12.0. The third-order valence-corrected chi connectivity index (χ3v) is 2.82. The van der Waals surface area contributed by atoms with Crippen LogP contribution in [0.4, 0.5) is 0 Å². The van der Waals surface area contributed by atoms with Gasteiger partial charge in [0.1, 0.15) is 0 Å². The molecular weight excluding hydrogens is 294 g/mol. The normalized spacial score (nSPS) is 13.5. The molecule has 0 heterocycles. The average molecular weight is 322 g/mol. The lowest BCUT2D eigenvalue weighted by molar-refractivity contribution is -0.132. The van der Waals surface area contributed by atoms with E-state index in [4.69, 9.17) is 11.5 Å². The maximum atomic E-state index is 12.0. The van der Waals surface area contributed by atoms with Gasteiger partial charge in [0.05, 0.1) is 18.5 Å². The molecule has 0 aromatic carbocycles. The molecule has 0 aromatic rings. The fourth-order valence-electron chi connectivity index (χ4n) is 1.93. The molecule has 2 amide bonds. The molecule has 124 valence electrons. The summed E-state index contributed by atoms with van der Waals surface area (Å²) in [6.45, 7) is 7.81. The Balaban J connectivity index is 0. The van der Waals surface area contributed by atoms with Gasteiger partial charge in [-0.1, -0.05) is 27.7 Å². The van der Waals surface area contributed by atoms with Crippen molar-refractivity contribution in [3.05, 3.63) is 0 Å². The third kappa shape index (κ3) is 10.3. The van der Waals surface area contributed by atoms with Crippen LogP contribution < -0.4 is 16.8 Å². The van der Waals surface area contributed by atoms with E-state index in [1.54, 1.807) is 0 Å². The highest BCUT2D eigenvalue weighted by molar-refractivity contribution is 6.01. The van der Waals surface area contributed by atoms with Gasteiger partial charge in [0.15, 0.2) is 5.78 Å². The number of carbonyl (C=O) groups excluding carboxylic acids is 3. The van der Waals surface area contributed by atoms with E-state index in [-0.39, 0.29) is 36.4 Å². The minimum Gasteiger partial charge on any atom is -0.369 e. The molecule has 0 fully saturated rings. The number of ketones is 1. The lowest BCUT2D eigenvalue weighted by Crippen LogP contribution is -2.49. The van der Waals surface area contributed by atoms with E-state index in [0.717, 1.165) is 0 Å². The van der Waals surface area contributed by atoms with Crippen LogP contribution in [0, 0.1) is 11.8 Å². The third-order valence-electron chi connectivity index (χ3n) is 2.82. The molecular formula is C14H28ClN3O3. The van der Waals surface area contributed by atoms with E-state index in [1.165, 1.54) is 0 Å². The summed E-state index contributed by atoms with van der Waals surface area (Å²) in [5, 5.41) is 2.64. The molecule has 21 heavy (non-hydrogen) atoms. The first-order chi connectivity index (χ1) is 9.13. The summed E-state index contributed by atoms with van der Waals surface area (Å²) < 4.78 is 0. The van der Waals surface area contributed by atoms with Crippen molar-refractivity contribution in [2.75, 3.05) is 0 Å². The summed E-state index contributed by atoms with van der Waals surface area (Å²) in [5.41, 5.74) is 10.8. The summed E-state index contributed by atoms with van der Waals surface area (Å²) in [6.07, 6.45) is 0.646. The largest absolute Gasteiger partial charge is 0.369 e. The summed E-state index contributed by atoms with van der Waals surface area (Å²) in [6, 6.07) is -1.35. The van der Waals surface area contributed by atoms with Crippen molar-refractivity contribution < 1.29 is 14.4 Å². The number of hydrogen-bond acceptors (Lipinski definition) is 4. The lowest BCUT2D eigenvalue weighted by Gasteiger charge is -2.22. The Kier molecular flexibility index (Phi) is 11.1. The highest BCUT2D eigenvalue weighted by Crippen LogP contribution is 2.09. The van der Waals surface area contributed by atoms with E-state index in [9.17, 15) is 14.4 Å². The van der Waals surface area contributed by atoms with Gasteiger partial charge < -0.3 is 16.8 Å². The molecule has 7 heteroatoms. The van der Waals surface area contributed by atoms with Gasteiger partial charge in [-0.3, -0.25) is 14.4 Å². The van der Waals surface area contributed by atoms with Crippen LogP contribution in [0.25, 0.3) is 0 Å². The number of hydrogen-bond donors (Lipinski definition) is 3. The first-order valence-electron chi connectivity index (χ1n) is 7.00. The van der Waals surface area contributed by atoms with E-state index in [2.05, 4.69) is 5.32 Å². The van der Waals surface area contributed by atoms with Gasteiger partial charge in [0.2, 0.25) is 11.8 Å². The summed E-state index contributed by atoms with van der Waals surface area (Å²) in [4.78, 5) is 34.7. The Morgan fingerprint density at radius 3 is 1.86 bits per heavy atom. The number of primary amides is 1. The van der Waals surface area contributed by atoms with Crippen LogP contribution >= 0.6 is 12.4 Å². The first-order valence-corrected chi connectivity index (χ1v) is 7.00. The Labute approximate surface area is 132 Å². The molecule has 0 aliphatic carbocycles. The van der Waals surface area contributed by atoms with E-state index >= 15 is 0 Å². The van der Waals surface area contributed by atoms with Crippen LogP contribution in [-0.2, 0) is 14.4 Å². The van der Waals surface area contributed by atoms with Crippen LogP contribution in [0.1, 0.15) is 47.0 Å². The van der Waals surface area contributed by atoms with Crippen LogP contribution in [0.5, 0.6) is 0 Å². The number of carbonyl (C=O) groups is 3. The Hall–Kier alpha value is -1.14. The van der Waals surface area contributed by atoms with Crippen molar-refractivity contribution in [1.82, 2.24) is 5.32 Å². The molecule has 0 unspecified atom stereocenters. The fraction of sp³-hybridized carbons (Fsp3) is 0.786. The molecule has 0 aromatic heterocycles. The quantitative estimate of drug-likeness (QED) is 0.543. The number of halogens is 1. The second-order valence-corrected chi connectivity index (χ2v) is 6.04. The van der Waals surface area contributed by atoms with E-state index in [0.29, 0.717) is 18.8 Å². The molecule has 0 aliphatic heterocycles. The predicted octanol–water partition coefficient (Wildman–Crippen LogP) is 0.757. The smallest absolute Gasteiger partial charge is 0.237 e. The zero-order valence-electron chi connectivity index (χ0n) is 13.2. The van der Waals surface area contributed by atoms with E-state index in [1.807, 2.05) is 27.7 Å². The van der Waals surface area contributed by atoms with Crippen molar-refractivity contribution >= 4 is 30.0 Å². The van der Waals surface area contributed by atoms with Gasteiger partial charge >= 0.3 is 0 Å². The van der Waals surface area contributed by atoms with Crippen molar-refractivity contribution in [3.8, 4) is 0 Å². The second-order valence-electron chi connectivity index (χ2n) is 6.04. The molecule has 0 aliphatic rings. The van der Waals surface area contributed by atoms with Gasteiger partial charge in [-0.25, -0.2) is 0 Å². The Morgan fingerprint density at radius 1 is 1.00 bits per heavy atom. The summed E-state index contributed by atoms with van der Waals surface area (Å²) >= 11 is 0. The van der Waals surface area contributed by atoms with Gasteiger partial charge in [-0.15, -0.1) is 12.4 Å². The minimum absolute atomic E-state index is 0. The SMILES string of the molecule is CC(C)C[C@H](NC(=O)[C@@H](N)CC(C)C)C(=O)CC(N)=O.Cl. The number of amides is 2. The van der Waals surface area contributed by atoms with Crippen LogP contribution in [0.3, 0.4) is 0 Å². The molecule has 0 radical (unpaired) electrons. The van der Waals surface area contributed by atoms with Crippen LogP contribution in [0.2, 0.25) is 0 Å². The molecule has 0 bridgehead atoms. The minimum atomic E-state index is -0.701. The molecule has 0 spiro atoms. The lowest BCUT2D eigenvalue weighted by atomic mass is 9.97. The maximum Gasteiger partial charge on any atom is 0.237 e. The zero-order chi connectivity index (χ0) is 15.9. The first kappa shape index (κ1) is 22.1. The van der Waals surface area contributed by atoms with E-state index < -0.39 is 18.0 Å². The Morgan fingerprint density at radius 2 is 1.48 bits per heavy atom.